The van der Waals surface area contributed by atoms with Crippen molar-refractivity contribution in [2.45, 2.75) is 19.3 Å². The summed E-state index contributed by atoms with van der Waals surface area (Å²) in [6.45, 7) is 1.88. The molecule has 10 N–H and O–H groups in total. The lowest BCUT2D eigenvalue weighted by atomic mass is 10.1. The van der Waals surface area contributed by atoms with Gasteiger partial charge in [-0.25, -0.2) is 9.97 Å². The normalized spacial score (nSPS) is 10.4. The monoisotopic (exact) mass is 419 g/mol. The second-order valence-corrected chi connectivity index (χ2v) is 6.62. The van der Waals surface area contributed by atoms with E-state index in [4.69, 9.17) is 34.2 Å². The Morgan fingerprint density at radius 3 is 2.48 bits per heavy atom. The van der Waals surface area contributed by atoms with Gasteiger partial charge < -0.3 is 27.8 Å². The Bertz CT molecular complexity index is 842. The molecule has 0 fully saturated rings. The molecular formula is C18H26ClN9O. The quantitative estimate of drug-likeness (QED) is 0.178. The van der Waals surface area contributed by atoms with Crippen molar-refractivity contribution in [2.75, 3.05) is 36.4 Å². The van der Waals surface area contributed by atoms with Crippen LogP contribution >= 0.6 is 11.6 Å². The summed E-state index contributed by atoms with van der Waals surface area (Å²) in [7, 11) is 0. The number of nitrogens with one attached hydrogen (secondary N) is 4. The molecule has 0 aliphatic heterocycles. The van der Waals surface area contributed by atoms with Crippen LogP contribution in [0.15, 0.2) is 24.3 Å². The number of benzene rings is 1. The summed E-state index contributed by atoms with van der Waals surface area (Å²) in [4.78, 5) is 19.7. The van der Waals surface area contributed by atoms with Crippen LogP contribution in [0.2, 0.25) is 5.15 Å². The zero-order valence-corrected chi connectivity index (χ0v) is 16.7. The van der Waals surface area contributed by atoms with Gasteiger partial charge in [0.15, 0.2) is 28.4 Å². The summed E-state index contributed by atoms with van der Waals surface area (Å²) in [5, 5.41) is 16.1. The van der Waals surface area contributed by atoms with Gasteiger partial charge in [0.2, 0.25) is 0 Å². The van der Waals surface area contributed by atoms with Gasteiger partial charge in [0.25, 0.3) is 5.91 Å². The number of amides is 1. The number of aromatic nitrogens is 2. The molecule has 0 radical (unpaired) electrons. The van der Waals surface area contributed by atoms with Crippen LogP contribution < -0.4 is 33.2 Å². The molecule has 2 aromatic rings. The number of nitrogens with zero attached hydrogens (tertiary/aromatic N) is 2. The summed E-state index contributed by atoms with van der Waals surface area (Å²) in [5.41, 5.74) is 18.7. The van der Waals surface area contributed by atoms with Gasteiger partial charge in [-0.2, -0.15) is 0 Å². The van der Waals surface area contributed by atoms with Gasteiger partial charge in [-0.15, -0.1) is 0 Å². The zero-order chi connectivity index (χ0) is 21.2. The third-order valence-electron chi connectivity index (χ3n) is 3.98. The minimum absolute atomic E-state index is 0.0598. The molecule has 11 heteroatoms. The molecule has 0 spiro atoms. The fraction of sp³-hybridized carbons (Fsp3) is 0.333. The SMILES string of the molecule is N=C(NCCCCc1ccc(NCCN)cc1)NC(=O)c1nc(Cl)c(N)nc1N. The molecule has 0 saturated heterocycles. The number of nitrogen functional groups attached to an aromatic ring is 2. The van der Waals surface area contributed by atoms with E-state index in [0.717, 1.165) is 31.5 Å². The van der Waals surface area contributed by atoms with Crippen LogP contribution in [0.25, 0.3) is 0 Å². The van der Waals surface area contributed by atoms with E-state index in [1.807, 2.05) is 12.1 Å². The first kappa shape index (κ1) is 22.2. The molecule has 10 nitrogen and oxygen atoms in total. The van der Waals surface area contributed by atoms with Crippen LogP contribution in [-0.4, -0.2) is 41.5 Å². The van der Waals surface area contributed by atoms with Gasteiger partial charge in [0.05, 0.1) is 0 Å². The zero-order valence-electron chi connectivity index (χ0n) is 16.0. The molecule has 156 valence electrons. The lowest BCUT2D eigenvalue weighted by Crippen LogP contribution is -2.41. The lowest BCUT2D eigenvalue weighted by molar-refractivity contribution is 0.0971. The summed E-state index contributed by atoms with van der Waals surface area (Å²) < 4.78 is 0. The highest BCUT2D eigenvalue weighted by molar-refractivity contribution is 6.31. The highest BCUT2D eigenvalue weighted by Crippen LogP contribution is 2.17. The topological polar surface area (TPSA) is 181 Å². The Morgan fingerprint density at radius 2 is 1.79 bits per heavy atom. The van der Waals surface area contributed by atoms with Gasteiger partial charge in [0, 0.05) is 25.3 Å². The first-order chi connectivity index (χ1) is 13.9. The van der Waals surface area contributed by atoms with Crippen LogP contribution in [0.3, 0.4) is 0 Å². The van der Waals surface area contributed by atoms with Crippen molar-refractivity contribution in [1.29, 1.82) is 5.41 Å². The Labute approximate surface area is 174 Å². The molecule has 1 amide bonds. The molecular weight excluding hydrogens is 394 g/mol. The number of carbonyl (C=O) groups excluding carboxylic acids is 1. The average Bonchev–Trinajstić information content (AvgIpc) is 2.69. The summed E-state index contributed by atoms with van der Waals surface area (Å²) in [6.07, 6.45) is 2.70. The standard InChI is InChI=1S/C18H26ClN9O/c19-14-16(22)27-15(21)13(26-14)17(29)28-18(23)25-9-2-1-3-11-4-6-12(7-5-11)24-10-8-20/h4-7,24H,1-3,8-10,20H2,(H4,21,22,27)(H3,23,25,28,29). The predicted molar refractivity (Wildman–Crippen MR) is 116 cm³/mol. The van der Waals surface area contributed by atoms with Gasteiger partial charge in [0.1, 0.15) is 0 Å². The molecule has 0 saturated carbocycles. The number of hydrogen-bond donors (Lipinski definition) is 7. The molecule has 1 aromatic carbocycles. The van der Waals surface area contributed by atoms with E-state index in [2.05, 4.69) is 38.1 Å². The number of halogens is 1. The smallest absolute Gasteiger partial charge is 0.280 e. The maximum Gasteiger partial charge on any atom is 0.280 e. The van der Waals surface area contributed by atoms with E-state index < -0.39 is 5.91 Å². The van der Waals surface area contributed by atoms with Crippen LogP contribution in [0, 0.1) is 5.41 Å². The van der Waals surface area contributed by atoms with Crippen molar-refractivity contribution in [3.05, 3.63) is 40.7 Å². The molecule has 0 aliphatic carbocycles. The minimum Gasteiger partial charge on any atom is -0.384 e. The Morgan fingerprint density at radius 1 is 1.07 bits per heavy atom. The predicted octanol–water partition coefficient (Wildman–Crippen LogP) is 0.942. The number of hydrogen-bond acceptors (Lipinski definition) is 8. The van der Waals surface area contributed by atoms with Crippen molar-refractivity contribution < 1.29 is 4.79 Å². The van der Waals surface area contributed by atoms with Crippen molar-refractivity contribution >= 4 is 40.8 Å². The number of aryl methyl sites for hydroxylation is 1. The van der Waals surface area contributed by atoms with Gasteiger partial charge >= 0.3 is 0 Å². The number of carbonyl (C=O) groups is 1. The molecule has 0 unspecified atom stereocenters. The van der Waals surface area contributed by atoms with Crippen molar-refractivity contribution in [2.24, 2.45) is 5.73 Å². The Kier molecular flexibility index (Phi) is 8.44. The first-order valence-electron chi connectivity index (χ1n) is 9.16. The fourth-order valence-electron chi connectivity index (χ4n) is 2.50. The third-order valence-corrected chi connectivity index (χ3v) is 4.26. The molecule has 0 aliphatic rings. The highest BCUT2D eigenvalue weighted by atomic mass is 35.5. The summed E-state index contributed by atoms with van der Waals surface area (Å²) in [5.74, 6) is -1.05. The highest BCUT2D eigenvalue weighted by Gasteiger charge is 2.16. The van der Waals surface area contributed by atoms with Crippen LogP contribution in [-0.2, 0) is 6.42 Å². The first-order valence-corrected chi connectivity index (χ1v) is 9.53. The summed E-state index contributed by atoms with van der Waals surface area (Å²) in [6, 6.07) is 8.23. The number of unbranched alkanes of at least 4 members (excludes halogenated alkanes) is 1. The number of rotatable bonds is 9. The largest absolute Gasteiger partial charge is 0.384 e. The number of anilines is 3. The molecule has 29 heavy (non-hydrogen) atoms. The molecule has 1 aromatic heterocycles. The van der Waals surface area contributed by atoms with E-state index in [9.17, 15) is 4.79 Å². The van der Waals surface area contributed by atoms with E-state index in [1.165, 1.54) is 5.56 Å². The average molecular weight is 420 g/mol. The van der Waals surface area contributed by atoms with E-state index >= 15 is 0 Å². The second-order valence-electron chi connectivity index (χ2n) is 6.26. The molecule has 0 bridgehead atoms. The maximum absolute atomic E-state index is 12.1. The van der Waals surface area contributed by atoms with E-state index in [-0.39, 0.29) is 28.4 Å². The third kappa shape index (κ3) is 7.09. The van der Waals surface area contributed by atoms with Gasteiger partial charge in [-0.3, -0.25) is 15.5 Å². The summed E-state index contributed by atoms with van der Waals surface area (Å²) >= 11 is 5.75. The van der Waals surface area contributed by atoms with Crippen molar-refractivity contribution in [3.63, 3.8) is 0 Å². The van der Waals surface area contributed by atoms with Crippen molar-refractivity contribution in [3.8, 4) is 0 Å². The molecule has 2 rings (SSSR count). The number of guanidine groups is 1. The Hall–Kier alpha value is -3.11. The fourth-order valence-corrected chi connectivity index (χ4v) is 2.63. The van der Waals surface area contributed by atoms with Crippen LogP contribution in [0.4, 0.5) is 17.3 Å². The van der Waals surface area contributed by atoms with Crippen molar-refractivity contribution in [1.82, 2.24) is 20.6 Å². The lowest BCUT2D eigenvalue weighted by Gasteiger charge is -2.10. The van der Waals surface area contributed by atoms with Crippen LogP contribution in [0.5, 0.6) is 0 Å². The van der Waals surface area contributed by atoms with E-state index in [0.29, 0.717) is 13.1 Å². The minimum atomic E-state index is -0.683. The van der Waals surface area contributed by atoms with Gasteiger partial charge in [-0.1, -0.05) is 23.7 Å². The molecule has 1 heterocycles. The van der Waals surface area contributed by atoms with Crippen LogP contribution in [0.1, 0.15) is 28.9 Å². The Balaban J connectivity index is 1.68. The number of nitrogens with two attached hydrogens (primary N) is 3. The van der Waals surface area contributed by atoms with E-state index in [1.54, 1.807) is 0 Å². The maximum atomic E-state index is 12.1. The van der Waals surface area contributed by atoms with Gasteiger partial charge in [-0.05, 0) is 37.0 Å². The second kappa shape index (κ2) is 11.0. The molecule has 0 atom stereocenters.